The average Bonchev–Trinajstić information content (AvgIpc) is 3.13. The van der Waals surface area contributed by atoms with Crippen molar-refractivity contribution in [2.75, 3.05) is 18.8 Å². The molecule has 122 valence electrons. The molecule has 1 aromatic carbocycles. The van der Waals surface area contributed by atoms with E-state index in [-0.39, 0.29) is 41.1 Å². The van der Waals surface area contributed by atoms with Crippen LogP contribution in [-0.2, 0) is 16.0 Å². The molecule has 23 heavy (non-hydrogen) atoms. The normalized spacial score (nSPS) is 21.3. The highest BCUT2D eigenvalue weighted by Crippen LogP contribution is 2.26. The highest BCUT2D eigenvalue weighted by Gasteiger charge is 2.40. The number of likely N-dealkylation sites (tertiary alicyclic amines) is 1. The second-order valence-corrected chi connectivity index (χ2v) is 6.62. The second-order valence-electron chi connectivity index (χ2n) is 5.69. The number of hydrogen-bond acceptors (Lipinski definition) is 4. The van der Waals surface area contributed by atoms with Gasteiger partial charge in [-0.05, 0) is 24.5 Å². The third kappa shape index (κ3) is 3.39. The van der Waals surface area contributed by atoms with Crippen LogP contribution in [0.3, 0.4) is 0 Å². The lowest BCUT2D eigenvalue weighted by atomic mass is 10.1. The zero-order valence-electron chi connectivity index (χ0n) is 12.5. The lowest BCUT2D eigenvalue weighted by Crippen LogP contribution is -2.41. The van der Waals surface area contributed by atoms with Crippen LogP contribution < -0.4 is 0 Å². The summed E-state index contributed by atoms with van der Waals surface area (Å²) in [5, 5.41) is -0.222. The summed E-state index contributed by atoms with van der Waals surface area (Å²) in [4.78, 5) is 38.7. The molecule has 1 aromatic rings. The van der Waals surface area contributed by atoms with Crippen molar-refractivity contribution >= 4 is 28.8 Å². The third-order valence-corrected chi connectivity index (χ3v) is 5.07. The van der Waals surface area contributed by atoms with Crippen molar-refractivity contribution in [2.45, 2.75) is 25.3 Å². The van der Waals surface area contributed by atoms with Crippen molar-refractivity contribution in [2.24, 2.45) is 0 Å². The minimum Gasteiger partial charge on any atom is -0.341 e. The van der Waals surface area contributed by atoms with Crippen LogP contribution in [0.5, 0.6) is 0 Å². The van der Waals surface area contributed by atoms with Crippen molar-refractivity contribution in [1.82, 2.24) is 9.80 Å². The average molecular weight is 336 g/mol. The molecule has 3 amide bonds. The van der Waals surface area contributed by atoms with Crippen molar-refractivity contribution in [3.8, 4) is 0 Å². The molecule has 0 bridgehead atoms. The Morgan fingerprint density at radius 2 is 2.09 bits per heavy atom. The number of aryl methyl sites for hydroxylation is 1. The molecule has 0 aliphatic carbocycles. The maximum absolute atomic E-state index is 13.6. The molecule has 3 rings (SSSR count). The summed E-state index contributed by atoms with van der Waals surface area (Å²) >= 11 is 1.01. The van der Waals surface area contributed by atoms with E-state index in [2.05, 4.69) is 0 Å². The number of hydrogen-bond donors (Lipinski definition) is 0. The van der Waals surface area contributed by atoms with Gasteiger partial charge in [0, 0.05) is 19.5 Å². The van der Waals surface area contributed by atoms with Crippen LogP contribution >= 0.6 is 11.8 Å². The topological polar surface area (TPSA) is 57.7 Å². The Kier molecular flexibility index (Phi) is 4.66. The molecule has 2 heterocycles. The van der Waals surface area contributed by atoms with Crippen molar-refractivity contribution < 1.29 is 18.8 Å². The van der Waals surface area contributed by atoms with Crippen LogP contribution in [0.15, 0.2) is 24.3 Å². The van der Waals surface area contributed by atoms with Gasteiger partial charge in [0.05, 0.1) is 11.8 Å². The number of imide groups is 1. The minimum atomic E-state index is -0.301. The Labute approximate surface area is 137 Å². The number of rotatable bonds is 4. The zero-order valence-corrected chi connectivity index (χ0v) is 13.4. The van der Waals surface area contributed by atoms with Crippen LogP contribution in [0.2, 0.25) is 0 Å². The summed E-state index contributed by atoms with van der Waals surface area (Å²) in [7, 11) is 0. The largest absolute Gasteiger partial charge is 0.341 e. The molecule has 0 spiro atoms. The smallest absolute Gasteiger partial charge is 0.289 e. The first-order valence-corrected chi connectivity index (χ1v) is 8.55. The molecule has 0 saturated carbocycles. The molecular weight excluding hydrogens is 319 g/mol. The van der Waals surface area contributed by atoms with Gasteiger partial charge < -0.3 is 4.90 Å². The Morgan fingerprint density at radius 1 is 1.30 bits per heavy atom. The van der Waals surface area contributed by atoms with Crippen molar-refractivity contribution in [3.63, 3.8) is 0 Å². The first-order chi connectivity index (χ1) is 11.1. The lowest BCUT2D eigenvalue weighted by Gasteiger charge is -2.22. The van der Waals surface area contributed by atoms with Gasteiger partial charge in [0.1, 0.15) is 5.82 Å². The van der Waals surface area contributed by atoms with Gasteiger partial charge in [0.25, 0.3) is 5.24 Å². The van der Waals surface area contributed by atoms with Gasteiger partial charge in [-0.15, -0.1) is 0 Å². The molecule has 0 unspecified atom stereocenters. The molecule has 2 aliphatic rings. The lowest BCUT2D eigenvalue weighted by molar-refractivity contribution is -0.131. The van der Waals surface area contributed by atoms with Crippen LogP contribution in [0.1, 0.15) is 18.4 Å². The maximum atomic E-state index is 13.6. The third-order valence-electron chi connectivity index (χ3n) is 4.23. The number of benzene rings is 1. The fraction of sp³-hybridized carbons (Fsp3) is 0.438. The fourth-order valence-corrected chi connectivity index (χ4v) is 3.77. The van der Waals surface area contributed by atoms with Gasteiger partial charge >= 0.3 is 0 Å². The van der Waals surface area contributed by atoms with E-state index in [1.807, 2.05) is 0 Å². The summed E-state index contributed by atoms with van der Waals surface area (Å²) in [5.41, 5.74) is 0.526. The number of carbonyl (C=O) groups excluding carboxylic acids is 3. The number of nitrogens with zero attached hydrogens (tertiary/aromatic N) is 2. The predicted molar refractivity (Wildman–Crippen MR) is 84.4 cm³/mol. The molecule has 0 N–H and O–H groups in total. The summed E-state index contributed by atoms with van der Waals surface area (Å²) in [6, 6.07) is 6.20. The monoisotopic (exact) mass is 336 g/mol. The van der Waals surface area contributed by atoms with Gasteiger partial charge in [0.15, 0.2) is 0 Å². The van der Waals surface area contributed by atoms with Gasteiger partial charge in [-0.3, -0.25) is 19.3 Å². The quantitative estimate of drug-likeness (QED) is 0.844. The van der Waals surface area contributed by atoms with E-state index >= 15 is 0 Å². The first kappa shape index (κ1) is 16.0. The second kappa shape index (κ2) is 6.70. The summed E-state index contributed by atoms with van der Waals surface area (Å²) in [6.07, 6.45) is 1.19. The highest BCUT2D eigenvalue weighted by atomic mass is 32.2. The number of carbonyl (C=O) groups is 3. The molecule has 2 fully saturated rings. The van der Waals surface area contributed by atoms with E-state index in [4.69, 9.17) is 0 Å². The van der Waals surface area contributed by atoms with Crippen molar-refractivity contribution in [1.29, 1.82) is 0 Å². The first-order valence-electron chi connectivity index (χ1n) is 7.56. The number of halogens is 1. The molecule has 2 aliphatic heterocycles. The number of amides is 3. The molecule has 1 atom stereocenters. The fourth-order valence-electron chi connectivity index (χ4n) is 3.00. The van der Waals surface area contributed by atoms with Gasteiger partial charge in [-0.25, -0.2) is 4.39 Å². The van der Waals surface area contributed by atoms with E-state index < -0.39 is 0 Å². The van der Waals surface area contributed by atoms with Crippen LogP contribution in [0, 0.1) is 5.82 Å². The minimum absolute atomic E-state index is 0.0671. The maximum Gasteiger partial charge on any atom is 0.289 e. The Hall–Kier alpha value is -1.89. The molecular formula is C16H17FN2O3S. The summed E-state index contributed by atoms with van der Waals surface area (Å²) in [5.74, 6) is -0.352. The highest BCUT2D eigenvalue weighted by molar-refractivity contribution is 8.14. The zero-order chi connectivity index (χ0) is 16.4. The van der Waals surface area contributed by atoms with Crippen LogP contribution in [-0.4, -0.2) is 51.7 Å². The van der Waals surface area contributed by atoms with Gasteiger partial charge in [-0.2, -0.15) is 0 Å². The van der Waals surface area contributed by atoms with Crippen LogP contribution in [0.4, 0.5) is 9.18 Å². The SMILES string of the molecule is O=C(CCc1ccccc1F)N1CC[C@H](N2C(=O)CSC2=O)C1. The number of thioether (sulfide) groups is 1. The Balaban J connectivity index is 1.54. The van der Waals surface area contributed by atoms with E-state index in [1.54, 1.807) is 23.1 Å². The van der Waals surface area contributed by atoms with E-state index in [0.29, 0.717) is 31.5 Å². The van der Waals surface area contributed by atoms with Crippen LogP contribution in [0.25, 0.3) is 0 Å². The van der Waals surface area contributed by atoms with Crippen molar-refractivity contribution in [3.05, 3.63) is 35.6 Å². The molecule has 2 saturated heterocycles. The standard InChI is InChI=1S/C16H17FN2O3S/c17-13-4-2-1-3-11(13)5-6-14(20)18-8-7-12(9-18)19-15(21)10-23-16(19)22/h1-4,12H,5-10H2/t12-/m0/s1. The predicted octanol–water partition coefficient (Wildman–Crippen LogP) is 2.05. The van der Waals surface area contributed by atoms with E-state index in [9.17, 15) is 18.8 Å². The Bertz CT molecular complexity index is 636. The summed E-state index contributed by atoms with van der Waals surface area (Å²) < 4.78 is 13.6. The van der Waals surface area contributed by atoms with Gasteiger partial charge in [-0.1, -0.05) is 30.0 Å². The molecule has 0 radical (unpaired) electrons. The summed E-state index contributed by atoms with van der Waals surface area (Å²) in [6.45, 7) is 0.913. The molecule has 0 aromatic heterocycles. The van der Waals surface area contributed by atoms with E-state index in [1.165, 1.54) is 11.0 Å². The Morgan fingerprint density at radius 3 is 2.78 bits per heavy atom. The van der Waals surface area contributed by atoms with E-state index in [0.717, 1.165) is 11.8 Å². The molecule has 7 heteroatoms. The van der Waals surface area contributed by atoms with Gasteiger partial charge in [0.2, 0.25) is 11.8 Å². The molecule has 5 nitrogen and oxygen atoms in total.